The van der Waals surface area contributed by atoms with E-state index in [4.69, 9.17) is 0 Å². The Bertz CT molecular complexity index is 955. The second kappa shape index (κ2) is 13.2. The Morgan fingerprint density at radius 1 is 1.06 bits per heavy atom. The van der Waals surface area contributed by atoms with Crippen LogP contribution in [0.1, 0.15) is 46.1 Å². The smallest absolute Gasteiger partial charge is 0.228 e. The lowest BCUT2D eigenvalue weighted by molar-refractivity contribution is -0.120. The summed E-state index contributed by atoms with van der Waals surface area (Å²) in [5, 5.41) is 8.71. The fraction of sp³-hybridized carbons (Fsp3) is 0.370. The molecule has 3 atom stereocenters. The number of nitrogens with zero attached hydrogens (tertiary/aromatic N) is 1. The van der Waals surface area contributed by atoms with Gasteiger partial charge in [0.05, 0.1) is 0 Å². The SMILES string of the molecule is CC.CN/C=C/C=C(\C=C(/C)N=Cc1ccc(NC(=O)C2CC3C=CC2C3)cc1)NC(C)=O. The molecule has 1 aromatic carbocycles. The van der Waals surface area contributed by atoms with Crippen LogP contribution in [0.2, 0.25) is 0 Å². The van der Waals surface area contributed by atoms with Gasteiger partial charge in [0.1, 0.15) is 0 Å². The van der Waals surface area contributed by atoms with Gasteiger partial charge >= 0.3 is 0 Å². The van der Waals surface area contributed by atoms with E-state index in [-0.39, 0.29) is 17.7 Å². The molecule has 2 amide bonds. The average Bonchev–Trinajstić information content (AvgIpc) is 3.44. The second-order valence-electron chi connectivity index (χ2n) is 7.99. The molecule has 6 heteroatoms. The van der Waals surface area contributed by atoms with Crippen LogP contribution in [0.4, 0.5) is 5.69 Å². The molecule has 33 heavy (non-hydrogen) atoms. The zero-order valence-electron chi connectivity index (χ0n) is 20.3. The maximum Gasteiger partial charge on any atom is 0.228 e. The number of hydrogen-bond donors (Lipinski definition) is 3. The first-order valence-corrected chi connectivity index (χ1v) is 11.6. The van der Waals surface area contributed by atoms with Crippen LogP contribution in [0, 0.1) is 17.8 Å². The number of carbonyl (C=O) groups excluding carboxylic acids is 2. The van der Waals surface area contributed by atoms with Crippen LogP contribution in [-0.2, 0) is 9.59 Å². The van der Waals surface area contributed by atoms with Gasteiger partial charge in [-0.3, -0.25) is 14.6 Å². The van der Waals surface area contributed by atoms with Gasteiger partial charge in [0.25, 0.3) is 0 Å². The number of aliphatic imine (C=N–C) groups is 1. The zero-order valence-corrected chi connectivity index (χ0v) is 20.3. The monoisotopic (exact) mass is 448 g/mol. The van der Waals surface area contributed by atoms with Gasteiger partial charge in [0.2, 0.25) is 11.8 Å². The molecular formula is C27H36N4O2. The maximum absolute atomic E-state index is 12.6. The summed E-state index contributed by atoms with van der Waals surface area (Å²) < 4.78 is 0. The average molecular weight is 449 g/mol. The van der Waals surface area contributed by atoms with Crippen LogP contribution in [0.3, 0.4) is 0 Å². The van der Waals surface area contributed by atoms with Crippen molar-refractivity contribution in [3.63, 3.8) is 0 Å². The number of anilines is 1. The van der Waals surface area contributed by atoms with Crippen molar-refractivity contribution in [1.29, 1.82) is 0 Å². The van der Waals surface area contributed by atoms with Gasteiger partial charge in [0.15, 0.2) is 0 Å². The van der Waals surface area contributed by atoms with E-state index in [9.17, 15) is 9.59 Å². The molecular weight excluding hydrogens is 412 g/mol. The molecule has 2 aliphatic carbocycles. The number of allylic oxidation sites excluding steroid dienone is 6. The molecule has 0 saturated heterocycles. The third kappa shape index (κ3) is 8.22. The largest absolute Gasteiger partial charge is 0.394 e. The summed E-state index contributed by atoms with van der Waals surface area (Å²) in [6.45, 7) is 7.34. The molecule has 1 fully saturated rings. The lowest BCUT2D eigenvalue weighted by Gasteiger charge is -2.17. The summed E-state index contributed by atoms with van der Waals surface area (Å²) >= 11 is 0. The van der Waals surface area contributed by atoms with Crippen LogP contribution in [-0.4, -0.2) is 25.1 Å². The fourth-order valence-corrected chi connectivity index (χ4v) is 3.99. The van der Waals surface area contributed by atoms with E-state index in [1.165, 1.54) is 6.92 Å². The van der Waals surface area contributed by atoms with E-state index < -0.39 is 0 Å². The van der Waals surface area contributed by atoms with Crippen molar-refractivity contribution in [1.82, 2.24) is 10.6 Å². The number of nitrogens with one attached hydrogen (secondary N) is 3. The highest BCUT2D eigenvalue weighted by atomic mass is 16.2. The molecule has 0 spiro atoms. The summed E-state index contributed by atoms with van der Waals surface area (Å²) in [6, 6.07) is 7.64. The van der Waals surface area contributed by atoms with Crippen molar-refractivity contribution in [3.05, 3.63) is 77.8 Å². The number of benzene rings is 1. The molecule has 3 rings (SSSR count). The van der Waals surface area contributed by atoms with Crippen LogP contribution in [0.15, 0.2) is 77.2 Å². The van der Waals surface area contributed by atoms with E-state index in [0.29, 0.717) is 17.5 Å². The maximum atomic E-state index is 12.6. The minimum Gasteiger partial charge on any atom is -0.394 e. The topological polar surface area (TPSA) is 82.6 Å². The fourth-order valence-electron chi connectivity index (χ4n) is 3.99. The summed E-state index contributed by atoms with van der Waals surface area (Å²) in [6.07, 6.45) is 15.4. The van der Waals surface area contributed by atoms with Crippen LogP contribution in [0.5, 0.6) is 0 Å². The Kier molecular flexibility index (Phi) is 10.3. The zero-order chi connectivity index (χ0) is 24.2. The minimum absolute atomic E-state index is 0.0952. The molecule has 0 radical (unpaired) electrons. The highest BCUT2D eigenvalue weighted by Gasteiger charge is 2.39. The van der Waals surface area contributed by atoms with Gasteiger partial charge in [0, 0.05) is 43.2 Å². The molecule has 6 nitrogen and oxygen atoms in total. The molecule has 1 saturated carbocycles. The molecule has 3 N–H and O–H groups in total. The van der Waals surface area contributed by atoms with Crippen molar-refractivity contribution in [2.75, 3.05) is 12.4 Å². The van der Waals surface area contributed by atoms with Crippen LogP contribution in [0.25, 0.3) is 0 Å². The Labute approximate surface area is 197 Å². The highest BCUT2D eigenvalue weighted by Crippen LogP contribution is 2.43. The molecule has 0 heterocycles. The Hall–Kier alpha value is -3.41. The first-order chi connectivity index (χ1) is 15.9. The lowest BCUT2D eigenvalue weighted by Crippen LogP contribution is -2.25. The molecule has 176 valence electrons. The highest BCUT2D eigenvalue weighted by molar-refractivity contribution is 5.93. The molecule has 2 aliphatic rings. The van der Waals surface area contributed by atoms with Crippen molar-refractivity contribution in [2.45, 2.75) is 40.5 Å². The first kappa shape index (κ1) is 25.8. The molecule has 0 aromatic heterocycles. The molecule has 3 unspecified atom stereocenters. The van der Waals surface area contributed by atoms with E-state index in [0.717, 1.165) is 29.8 Å². The summed E-state index contributed by atoms with van der Waals surface area (Å²) in [5.74, 6) is 1.04. The van der Waals surface area contributed by atoms with E-state index in [1.54, 1.807) is 37.7 Å². The standard InChI is InChI=1S/C25H30N4O2.C2H6/c1-17(13-23(28-18(2)30)5-4-12-26-3)27-16-19-7-10-22(11-8-19)29-25(31)24-15-20-6-9-21(24)14-20;1-2/h4-13,16,20-21,24,26H,14-15H2,1-3H3,(H,28,30)(H,29,31);1-2H3/b12-4+,17-13+,23-5+,27-16?;. The Balaban J connectivity index is 0.00000187. The molecule has 2 bridgehead atoms. The predicted molar refractivity (Wildman–Crippen MR) is 137 cm³/mol. The van der Waals surface area contributed by atoms with Crippen LogP contribution >= 0.6 is 0 Å². The number of amides is 2. The van der Waals surface area contributed by atoms with Crippen molar-refractivity contribution in [3.8, 4) is 0 Å². The summed E-state index contributed by atoms with van der Waals surface area (Å²) in [7, 11) is 1.81. The van der Waals surface area contributed by atoms with E-state index >= 15 is 0 Å². The Morgan fingerprint density at radius 3 is 2.36 bits per heavy atom. The molecule has 1 aromatic rings. The summed E-state index contributed by atoms with van der Waals surface area (Å²) in [4.78, 5) is 28.4. The van der Waals surface area contributed by atoms with E-state index in [1.807, 2.05) is 45.0 Å². The number of fused-ring (bicyclic) bond motifs is 2. The van der Waals surface area contributed by atoms with Gasteiger partial charge in [-0.1, -0.05) is 38.1 Å². The first-order valence-electron chi connectivity index (χ1n) is 11.6. The second-order valence-corrected chi connectivity index (χ2v) is 7.99. The van der Waals surface area contributed by atoms with Crippen LogP contribution < -0.4 is 16.0 Å². The third-order valence-corrected chi connectivity index (χ3v) is 5.43. The van der Waals surface area contributed by atoms with Gasteiger partial charge in [-0.05, 0) is 73.7 Å². The number of rotatable bonds is 8. The van der Waals surface area contributed by atoms with Gasteiger partial charge in [-0.15, -0.1) is 0 Å². The Morgan fingerprint density at radius 2 is 1.79 bits per heavy atom. The minimum atomic E-state index is -0.142. The quantitative estimate of drug-likeness (QED) is 0.299. The van der Waals surface area contributed by atoms with Gasteiger partial charge in [-0.25, -0.2) is 0 Å². The van der Waals surface area contributed by atoms with Crippen molar-refractivity contribution in [2.24, 2.45) is 22.7 Å². The molecule has 0 aliphatic heterocycles. The van der Waals surface area contributed by atoms with Crippen molar-refractivity contribution < 1.29 is 9.59 Å². The lowest BCUT2D eigenvalue weighted by atomic mass is 9.93. The van der Waals surface area contributed by atoms with Gasteiger partial charge < -0.3 is 16.0 Å². The number of carbonyl (C=O) groups is 2. The normalized spacial score (nSPS) is 21.8. The number of hydrogen-bond acceptors (Lipinski definition) is 4. The summed E-state index contributed by atoms with van der Waals surface area (Å²) in [5.41, 5.74) is 3.13. The van der Waals surface area contributed by atoms with Crippen molar-refractivity contribution >= 4 is 23.7 Å². The third-order valence-electron chi connectivity index (χ3n) is 5.43. The van der Waals surface area contributed by atoms with E-state index in [2.05, 4.69) is 33.1 Å². The predicted octanol–water partition coefficient (Wildman–Crippen LogP) is 4.94. The van der Waals surface area contributed by atoms with Gasteiger partial charge in [-0.2, -0.15) is 0 Å².